The van der Waals surface area contributed by atoms with E-state index in [4.69, 9.17) is 9.26 Å². The average molecular weight is 290 g/mol. The molecule has 0 unspecified atom stereocenters. The molecule has 114 valence electrons. The quantitative estimate of drug-likeness (QED) is 0.858. The molecule has 0 aromatic carbocycles. The number of morpholine rings is 1. The zero-order valence-corrected chi connectivity index (χ0v) is 12.9. The highest BCUT2D eigenvalue weighted by Gasteiger charge is 2.22. The fraction of sp³-hybridized carbons (Fsp3) is 0.600. The molecule has 2 aromatic heterocycles. The zero-order valence-electron chi connectivity index (χ0n) is 12.9. The van der Waals surface area contributed by atoms with Crippen LogP contribution in [0.3, 0.4) is 0 Å². The Bertz CT molecular complexity index is 605. The van der Waals surface area contributed by atoms with Crippen LogP contribution in [0.2, 0.25) is 0 Å². The summed E-state index contributed by atoms with van der Waals surface area (Å²) in [5, 5.41) is 8.44. The van der Waals surface area contributed by atoms with Gasteiger partial charge in [-0.05, 0) is 26.8 Å². The number of hydrogen-bond donors (Lipinski definition) is 0. The van der Waals surface area contributed by atoms with Crippen molar-refractivity contribution in [1.82, 2.24) is 19.8 Å². The summed E-state index contributed by atoms with van der Waals surface area (Å²) < 4.78 is 13.2. The molecule has 0 N–H and O–H groups in total. The minimum absolute atomic E-state index is 0.167. The molecule has 0 amide bonds. The van der Waals surface area contributed by atoms with Crippen molar-refractivity contribution in [3.63, 3.8) is 0 Å². The number of ether oxygens (including phenoxy) is 1. The largest absolute Gasteiger partial charge is 0.374 e. The molecule has 0 radical (unpaired) electrons. The van der Waals surface area contributed by atoms with Crippen molar-refractivity contribution >= 4 is 0 Å². The molecule has 6 heteroatoms. The van der Waals surface area contributed by atoms with Gasteiger partial charge in [-0.3, -0.25) is 9.58 Å². The molecule has 3 heterocycles. The van der Waals surface area contributed by atoms with E-state index in [9.17, 15) is 0 Å². The predicted octanol–water partition coefficient (Wildman–Crippen LogP) is 1.70. The van der Waals surface area contributed by atoms with E-state index in [-0.39, 0.29) is 6.10 Å². The lowest BCUT2D eigenvalue weighted by molar-refractivity contribution is -0.0424. The lowest BCUT2D eigenvalue weighted by atomic mass is 10.2. The molecule has 1 atom stereocenters. The molecule has 21 heavy (non-hydrogen) atoms. The van der Waals surface area contributed by atoms with Gasteiger partial charge in [0.25, 0.3) is 0 Å². The van der Waals surface area contributed by atoms with Crippen LogP contribution in [0.15, 0.2) is 16.7 Å². The van der Waals surface area contributed by atoms with Gasteiger partial charge in [0, 0.05) is 24.8 Å². The van der Waals surface area contributed by atoms with E-state index in [0.717, 1.165) is 49.9 Å². The third-order valence-electron chi connectivity index (χ3n) is 3.76. The third-order valence-corrected chi connectivity index (χ3v) is 3.76. The molecular formula is C15H22N4O2. The van der Waals surface area contributed by atoms with Crippen LogP contribution in [-0.2, 0) is 17.8 Å². The van der Waals surface area contributed by atoms with Crippen molar-refractivity contribution in [1.29, 1.82) is 0 Å². The molecule has 1 aliphatic heterocycles. The SMILES string of the molecule is Cc1cc(CN2CCO[C@@H](Cn3nc(C)cc3C)C2)on1. The van der Waals surface area contributed by atoms with Crippen LogP contribution in [0, 0.1) is 20.8 Å². The van der Waals surface area contributed by atoms with Gasteiger partial charge in [0.2, 0.25) is 0 Å². The molecule has 0 aliphatic carbocycles. The first-order valence-corrected chi connectivity index (χ1v) is 7.37. The van der Waals surface area contributed by atoms with Crippen LogP contribution in [0.1, 0.15) is 22.8 Å². The van der Waals surface area contributed by atoms with Crippen LogP contribution < -0.4 is 0 Å². The Balaban J connectivity index is 1.59. The van der Waals surface area contributed by atoms with Gasteiger partial charge in [0.15, 0.2) is 5.76 Å². The maximum atomic E-state index is 5.87. The minimum Gasteiger partial charge on any atom is -0.374 e. The highest BCUT2D eigenvalue weighted by molar-refractivity contribution is 5.07. The minimum atomic E-state index is 0.167. The van der Waals surface area contributed by atoms with Crippen LogP contribution in [0.25, 0.3) is 0 Å². The Morgan fingerprint density at radius 1 is 1.24 bits per heavy atom. The molecule has 0 bridgehead atoms. The summed E-state index contributed by atoms with van der Waals surface area (Å²) in [4.78, 5) is 2.35. The molecule has 3 rings (SSSR count). The Morgan fingerprint density at radius 3 is 2.76 bits per heavy atom. The molecule has 0 saturated carbocycles. The maximum absolute atomic E-state index is 5.87. The van der Waals surface area contributed by atoms with E-state index in [2.05, 4.69) is 28.1 Å². The molecular weight excluding hydrogens is 268 g/mol. The van der Waals surface area contributed by atoms with Crippen LogP contribution >= 0.6 is 0 Å². The molecule has 2 aromatic rings. The Morgan fingerprint density at radius 2 is 2.10 bits per heavy atom. The first-order valence-electron chi connectivity index (χ1n) is 7.37. The highest BCUT2D eigenvalue weighted by atomic mass is 16.5. The number of aromatic nitrogens is 3. The summed E-state index contributed by atoms with van der Waals surface area (Å²) in [6.07, 6.45) is 0.167. The van der Waals surface area contributed by atoms with Gasteiger partial charge in [0.1, 0.15) is 0 Å². The molecule has 1 saturated heterocycles. The second-order valence-corrected chi connectivity index (χ2v) is 5.77. The number of nitrogens with zero attached hydrogens (tertiary/aromatic N) is 4. The van der Waals surface area contributed by atoms with Crippen molar-refractivity contribution in [2.45, 2.75) is 40.0 Å². The number of rotatable bonds is 4. The standard InChI is InChI=1S/C15H22N4O2/c1-11-6-13(3)19(16-11)10-15-9-18(4-5-20-15)8-14-7-12(2)17-21-14/h6-7,15H,4-5,8-10H2,1-3H3/t15-/m1/s1. The molecule has 1 fully saturated rings. The van der Waals surface area contributed by atoms with Gasteiger partial charge in [0.05, 0.1) is 37.2 Å². The Hall–Kier alpha value is -1.66. The number of aryl methyl sites for hydroxylation is 3. The van der Waals surface area contributed by atoms with Crippen molar-refractivity contribution in [3.8, 4) is 0 Å². The van der Waals surface area contributed by atoms with E-state index in [1.165, 1.54) is 5.69 Å². The molecule has 6 nitrogen and oxygen atoms in total. The Kier molecular flexibility index (Phi) is 4.07. The van der Waals surface area contributed by atoms with E-state index in [1.807, 2.05) is 24.6 Å². The lowest BCUT2D eigenvalue weighted by Gasteiger charge is -2.32. The van der Waals surface area contributed by atoms with Crippen LogP contribution in [0.4, 0.5) is 0 Å². The zero-order chi connectivity index (χ0) is 14.8. The maximum Gasteiger partial charge on any atom is 0.150 e. The van der Waals surface area contributed by atoms with Gasteiger partial charge in [-0.25, -0.2) is 0 Å². The monoisotopic (exact) mass is 290 g/mol. The summed E-state index contributed by atoms with van der Waals surface area (Å²) >= 11 is 0. The van der Waals surface area contributed by atoms with E-state index in [0.29, 0.717) is 0 Å². The normalized spacial score (nSPS) is 20.0. The molecule has 0 spiro atoms. The van der Waals surface area contributed by atoms with Crippen molar-refractivity contribution in [3.05, 3.63) is 35.0 Å². The average Bonchev–Trinajstić information content (AvgIpc) is 2.96. The van der Waals surface area contributed by atoms with E-state index < -0.39 is 0 Å². The predicted molar refractivity (Wildman–Crippen MR) is 78.0 cm³/mol. The highest BCUT2D eigenvalue weighted by Crippen LogP contribution is 2.13. The van der Waals surface area contributed by atoms with Gasteiger partial charge in [-0.1, -0.05) is 5.16 Å². The Labute approximate surface area is 124 Å². The fourth-order valence-corrected chi connectivity index (χ4v) is 2.80. The summed E-state index contributed by atoms with van der Waals surface area (Å²) in [6.45, 7) is 10.2. The number of hydrogen-bond acceptors (Lipinski definition) is 5. The summed E-state index contributed by atoms with van der Waals surface area (Å²) in [5.41, 5.74) is 3.16. The van der Waals surface area contributed by atoms with Crippen molar-refractivity contribution in [2.75, 3.05) is 19.7 Å². The smallest absolute Gasteiger partial charge is 0.150 e. The lowest BCUT2D eigenvalue weighted by Crippen LogP contribution is -2.43. The second kappa shape index (κ2) is 5.99. The van der Waals surface area contributed by atoms with Gasteiger partial charge in [-0.2, -0.15) is 5.10 Å². The van der Waals surface area contributed by atoms with Crippen LogP contribution in [0.5, 0.6) is 0 Å². The third kappa shape index (κ3) is 3.51. The van der Waals surface area contributed by atoms with Crippen molar-refractivity contribution in [2.24, 2.45) is 0 Å². The second-order valence-electron chi connectivity index (χ2n) is 5.77. The topological polar surface area (TPSA) is 56.3 Å². The first kappa shape index (κ1) is 14.3. The van der Waals surface area contributed by atoms with E-state index >= 15 is 0 Å². The van der Waals surface area contributed by atoms with Crippen molar-refractivity contribution < 1.29 is 9.26 Å². The van der Waals surface area contributed by atoms with E-state index in [1.54, 1.807) is 0 Å². The summed E-state index contributed by atoms with van der Waals surface area (Å²) in [7, 11) is 0. The first-order chi connectivity index (χ1) is 10.1. The van der Waals surface area contributed by atoms with Gasteiger partial charge < -0.3 is 9.26 Å². The van der Waals surface area contributed by atoms with Gasteiger partial charge in [-0.15, -0.1) is 0 Å². The van der Waals surface area contributed by atoms with Crippen LogP contribution in [-0.4, -0.2) is 45.6 Å². The fourth-order valence-electron chi connectivity index (χ4n) is 2.80. The summed E-state index contributed by atoms with van der Waals surface area (Å²) in [5.74, 6) is 0.916. The molecule has 1 aliphatic rings. The van der Waals surface area contributed by atoms with Gasteiger partial charge >= 0.3 is 0 Å². The summed E-state index contributed by atoms with van der Waals surface area (Å²) in [6, 6.07) is 4.09.